The Labute approximate surface area is 112 Å². The molecule has 0 aliphatic rings. The molecule has 1 atom stereocenters. The maximum absolute atomic E-state index is 12.6. The maximum Gasteiger partial charge on any atom is 0.433 e. The average molecular weight is 291 g/mol. The van der Waals surface area contributed by atoms with E-state index in [9.17, 15) is 22.8 Å². The zero-order valence-corrected chi connectivity index (χ0v) is 10.6. The fourth-order valence-electron chi connectivity index (χ4n) is 1.37. The third-order valence-electron chi connectivity index (χ3n) is 2.36. The third kappa shape index (κ3) is 3.59. The Morgan fingerprint density at radius 1 is 1.40 bits per heavy atom. The summed E-state index contributed by atoms with van der Waals surface area (Å²) >= 11 is 0. The van der Waals surface area contributed by atoms with E-state index in [1.807, 2.05) is 0 Å². The van der Waals surface area contributed by atoms with Crippen LogP contribution in [0.25, 0.3) is 0 Å². The van der Waals surface area contributed by atoms with E-state index in [4.69, 9.17) is 5.73 Å². The second-order valence-electron chi connectivity index (χ2n) is 3.84. The van der Waals surface area contributed by atoms with Gasteiger partial charge in [-0.25, -0.2) is 9.78 Å². The molecule has 0 radical (unpaired) electrons. The Bertz CT molecular complexity index is 531. The Morgan fingerprint density at radius 3 is 2.45 bits per heavy atom. The first-order chi connectivity index (χ1) is 9.16. The van der Waals surface area contributed by atoms with Crippen LogP contribution in [-0.2, 0) is 15.7 Å². The number of carbonyl (C=O) groups is 2. The molecule has 0 aliphatic carbocycles. The number of anilines is 1. The lowest BCUT2D eigenvalue weighted by Crippen LogP contribution is -2.29. The summed E-state index contributed by atoms with van der Waals surface area (Å²) in [6.45, 7) is 1.35. The molecule has 0 spiro atoms. The minimum atomic E-state index is -4.68. The summed E-state index contributed by atoms with van der Waals surface area (Å²) in [6.07, 6.45) is -4.68. The van der Waals surface area contributed by atoms with Gasteiger partial charge in [-0.2, -0.15) is 13.2 Å². The van der Waals surface area contributed by atoms with Crippen molar-refractivity contribution < 1.29 is 27.5 Å². The van der Waals surface area contributed by atoms with Gasteiger partial charge in [0, 0.05) is 0 Å². The van der Waals surface area contributed by atoms with Crippen molar-refractivity contribution >= 4 is 17.7 Å². The highest BCUT2D eigenvalue weighted by Crippen LogP contribution is 2.29. The summed E-state index contributed by atoms with van der Waals surface area (Å²) in [6, 6.07) is 0.535. The maximum atomic E-state index is 12.6. The lowest BCUT2D eigenvalue weighted by atomic mass is 10.2. The standard InChI is InChI=1S/C11H12F3N3O3/c1-5(10(19)20-2)16-9-6(8(15)18)3-4-7(17-9)11(12,13)14/h3-5H,1-2H3,(H2,15,18)(H,16,17). The van der Waals surface area contributed by atoms with Gasteiger partial charge in [0.1, 0.15) is 17.6 Å². The number of hydrogen-bond acceptors (Lipinski definition) is 5. The molecule has 0 fully saturated rings. The second kappa shape index (κ2) is 5.76. The number of nitrogens with two attached hydrogens (primary N) is 1. The summed E-state index contributed by atoms with van der Waals surface area (Å²) in [5.74, 6) is -2.12. The lowest BCUT2D eigenvalue weighted by molar-refractivity contribution is -0.141. The Hall–Kier alpha value is -2.32. The number of carbonyl (C=O) groups excluding carboxylic acids is 2. The highest BCUT2D eigenvalue weighted by atomic mass is 19.4. The number of esters is 1. The molecule has 1 heterocycles. The van der Waals surface area contributed by atoms with Crippen molar-refractivity contribution in [3.8, 4) is 0 Å². The van der Waals surface area contributed by atoms with Crippen LogP contribution >= 0.6 is 0 Å². The van der Waals surface area contributed by atoms with Crippen LogP contribution in [0.2, 0.25) is 0 Å². The summed E-state index contributed by atoms with van der Waals surface area (Å²) < 4.78 is 42.1. The van der Waals surface area contributed by atoms with Gasteiger partial charge in [-0.05, 0) is 19.1 Å². The minimum Gasteiger partial charge on any atom is -0.467 e. The Morgan fingerprint density at radius 2 is 2.00 bits per heavy atom. The highest BCUT2D eigenvalue weighted by Gasteiger charge is 2.33. The van der Waals surface area contributed by atoms with Gasteiger partial charge in [-0.1, -0.05) is 0 Å². The Kier molecular flexibility index (Phi) is 4.53. The summed E-state index contributed by atoms with van der Waals surface area (Å²) in [5, 5.41) is 2.37. The minimum absolute atomic E-state index is 0.256. The normalized spacial score (nSPS) is 12.7. The number of aromatic nitrogens is 1. The van der Waals surface area contributed by atoms with Crippen LogP contribution in [0.15, 0.2) is 12.1 Å². The van der Waals surface area contributed by atoms with E-state index < -0.39 is 35.6 Å². The molecule has 3 N–H and O–H groups in total. The fourth-order valence-corrected chi connectivity index (χ4v) is 1.37. The number of pyridine rings is 1. The van der Waals surface area contributed by atoms with E-state index in [0.717, 1.165) is 13.2 Å². The first kappa shape index (κ1) is 15.7. The van der Waals surface area contributed by atoms with Gasteiger partial charge in [0.2, 0.25) is 0 Å². The molecule has 0 aromatic carbocycles. The van der Waals surface area contributed by atoms with Gasteiger partial charge in [0.05, 0.1) is 12.7 Å². The van der Waals surface area contributed by atoms with Gasteiger partial charge < -0.3 is 15.8 Å². The monoisotopic (exact) mass is 291 g/mol. The zero-order valence-electron chi connectivity index (χ0n) is 10.6. The van der Waals surface area contributed by atoms with Crippen molar-refractivity contribution in [2.75, 3.05) is 12.4 Å². The predicted molar refractivity (Wildman–Crippen MR) is 62.9 cm³/mol. The molecule has 6 nitrogen and oxygen atoms in total. The molecular formula is C11H12F3N3O3. The summed E-state index contributed by atoms with van der Waals surface area (Å²) in [5.41, 5.74) is 3.58. The second-order valence-corrected chi connectivity index (χ2v) is 3.84. The number of nitrogens with zero attached hydrogens (tertiary/aromatic N) is 1. The highest BCUT2D eigenvalue weighted by molar-refractivity contribution is 5.98. The molecule has 0 saturated carbocycles. The number of amides is 1. The first-order valence-corrected chi connectivity index (χ1v) is 5.39. The molecule has 110 valence electrons. The zero-order chi connectivity index (χ0) is 15.5. The van der Waals surface area contributed by atoms with Crippen LogP contribution in [0, 0.1) is 0 Å². The lowest BCUT2D eigenvalue weighted by Gasteiger charge is -2.16. The smallest absolute Gasteiger partial charge is 0.433 e. The van der Waals surface area contributed by atoms with E-state index in [1.54, 1.807) is 0 Å². The molecule has 20 heavy (non-hydrogen) atoms. The predicted octanol–water partition coefficient (Wildman–Crippen LogP) is 1.17. The van der Waals surface area contributed by atoms with Crippen molar-refractivity contribution in [3.63, 3.8) is 0 Å². The number of primary amides is 1. The fraction of sp³-hybridized carbons (Fsp3) is 0.364. The quantitative estimate of drug-likeness (QED) is 0.812. The Balaban J connectivity index is 3.19. The number of ether oxygens (including phenoxy) is 1. The number of alkyl halides is 3. The van der Waals surface area contributed by atoms with Crippen molar-refractivity contribution in [3.05, 3.63) is 23.4 Å². The molecule has 0 aliphatic heterocycles. The molecule has 0 bridgehead atoms. The van der Waals surface area contributed by atoms with Gasteiger partial charge in [-0.15, -0.1) is 0 Å². The van der Waals surface area contributed by atoms with E-state index in [0.29, 0.717) is 6.07 Å². The molecule has 1 aromatic rings. The third-order valence-corrected chi connectivity index (χ3v) is 2.36. The van der Waals surface area contributed by atoms with Gasteiger partial charge in [0.25, 0.3) is 5.91 Å². The topological polar surface area (TPSA) is 94.3 Å². The van der Waals surface area contributed by atoms with E-state index in [-0.39, 0.29) is 5.56 Å². The van der Waals surface area contributed by atoms with E-state index in [1.165, 1.54) is 6.92 Å². The van der Waals surface area contributed by atoms with Crippen LogP contribution in [-0.4, -0.2) is 30.0 Å². The average Bonchev–Trinajstić information content (AvgIpc) is 2.36. The molecule has 1 unspecified atom stereocenters. The number of rotatable bonds is 4. The van der Waals surface area contributed by atoms with E-state index >= 15 is 0 Å². The van der Waals surface area contributed by atoms with Crippen molar-refractivity contribution in [1.29, 1.82) is 0 Å². The van der Waals surface area contributed by atoms with E-state index in [2.05, 4.69) is 15.0 Å². The van der Waals surface area contributed by atoms with Crippen LogP contribution in [0.5, 0.6) is 0 Å². The van der Waals surface area contributed by atoms with Gasteiger partial charge in [-0.3, -0.25) is 4.79 Å². The summed E-state index contributed by atoms with van der Waals surface area (Å²) in [7, 11) is 1.12. The number of nitrogens with one attached hydrogen (secondary N) is 1. The molecular weight excluding hydrogens is 279 g/mol. The molecule has 9 heteroatoms. The molecule has 1 amide bonds. The van der Waals surface area contributed by atoms with Gasteiger partial charge >= 0.3 is 12.1 Å². The largest absolute Gasteiger partial charge is 0.467 e. The van der Waals surface area contributed by atoms with Crippen LogP contribution in [0.1, 0.15) is 23.0 Å². The molecule has 0 saturated heterocycles. The van der Waals surface area contributed by atoms with Crippen molar-refractivity contribution in [1.82, 2.24) is 4.98 Å². The first-order valence-electron chi connectivity index (χ1n) is 5.39. The molecule has 1 aromatic heterocycles. The summed E-state index contributed by atoms with van der Waals surface area (Å²) in [4.78, 5) is 25.7. The number of halogens is 3. The number of hydrogen-bond donors (Lipinski definition) is 2. The van der Waals surface area contributed by atoms with Crippen LogP contribution < -0.4 is 11.1 Å². The van der Waals surface area contributed by atoms with Crippen LogP contribution in [0.4, 0.5) is 19.0 Å². The van der Waals surface area contributed by atoms with Gasteiger partial charge in [0.15, 0.2) is 0 Å². The SMILES string of the molecule is COC(=O)C(C)Nc1nc(C(F)(F)F)ccc1C(N)=O. The number of methoxy groups -OCH3 is 1. The molecule has 1 rings (SSSR count). The van der Waals surface area contributed by atoms with Crippen LogP contribution in [0.3, 0.4) is 0 Å². The van der Waals surface area contributed by atoms with Crippen molar-refractivity contribution in [2.45, 2.75) is 19.1 Å². The van der Waals surface area contributed by atoms with Crippen molar-refractivity contribution in [2.24, 2.45) is 5.73 Å².